The van der Waals surface area contributed by atoms with E-state index in [0.29, 0.717) is 25.0 Å². The van der Waals surface area contributed by atoms with Crippen molar-refractivity contribution in [3.63, 3.8) is 0 Å². The van der Waals surface area contributed by atoms with Gasteiger partial charge in [0.05, 0.1) is 13.2 Å². The Kier molecular flexibility index (Phi) is 5.82. The van der Waals surface area contributed by atoms with Gasteiger partial charge in [0.15, 0.2) is 6.29 Å². The van der Waals surface area contributed by atoms with E-state index in [2.05, 4.69) is 6.58 Å². The van der Waals surface area contributed by atoms with E-state index < -0.39 is 23.5 Å². The summed E-state index contributed by atoms with van der Waals surface area (Å²) in [7, 11) is 0. The largest absolute Gasteiger partial charge is 0.348 e. The second kappa shape index (κ2) is 8.07. The molecule has 1 saturated carbocycles. The lowest BCUT2D eigenvalue weighted by atomic mass is 9.75. The molecule has 1 aromatic rings. The molecule has 1 heterocycles. The monoisotopic (exact) mass is 347 g/mol. The van der Waals surface area contributed by atoms with E-state index in [-0.39, 0.29) is 5.56 Å². The molecule has 0 aromatic heterocycles. The lowest BCUT2D eigenvalue weighted by Crippen LogP contribution is -2.34. The summed E-state index contributed by atoms with van der Waals surface area (Å²) in [5.74, 6) is -0.110. The Balaban J connectivity index is 1.56. The summed E-state index contributed by atoms with van der Waals surface area (Å²) in [6.45, 7) is 4.88. The van der Waals surface area contributed by atoms with E-state index >= 15 is 0 Å². The van der Waals surface area contributed by atoms with Crippen LogP contribution >= 0.6 is 0 Å². The molecule has 5 heteroatoms. The second-order valence-electron chi connectivity index (χ2n) is 7.04. The minimum atomic E-state index is -0.882. The fourth-order valence-electron chi connectivity index (χ4n) is 3.95. The number of hydrogen-bond acceptors (Lipinski definition) is 3. The van der Waals surface area contributed by atoms with Crippen LogP contribution < -0.4 is 0 Å². The van der Waals surface area contributed by atoms with Crippen molar-refractivity contribution in [3.05, 3.63) is 47.5 Å². The van der Waals surface area contributed by atoms with E-state index in [1.165, 1.54) is 31.8 Å². The molecule has 0 atom stereocenters. The summed E-state index contributed by atoms with van der Waals surface area (Å²) in [4.78, 5) is 0. The molecule has 3 rings (SSSR count). The van der Waals surface area contributed by atoms with Crippen LogP contribution in [-0.4, -0.2) is 13.2 Å². The van der Waals surface area contributed by atoms with Crippen molar-refractivity contribution in [2.75, 3.05) is 13.2 Å². The maximum absolute atomic E-state index is 13.8. The van der Waals surface area contributed by atoms with Gasteiger partial charge in [-0.05, 0) is 56.1 Å². The molecule has 1 aliphatic carbocycles. The lowest BCUT2D eigenvalue weighted by Gasteiger charge is -2.37. The standard InChI is InChI=1S/C20H23F2NO2/c1-2-3-13-4-6-14(7-5-13)16-11-24-20(25-12-16)15-8-18(21)17(10-23)19(22)9-15/h2,8-9,13-14,16,20H,1,3-7,11-12H2. The predicted octanol–water partition coefficient (Wildman–Crippen LogP) is 4.88. The lowest BCUT2D eigenvalue weighted by molar-refractivity contribution is -0.215. The first-order valence-corrected chi connectivity index (χ1v) is 8.85. The van der Waals surface area contributed by atoms with Crippen molar-refractivity contribution in [2.45, 2.75) is 38.4 Å². The Hall–Kier alpha value is -1.77. The summed E-state index contributed by atoms with van der Waals surface area (Å²) in [5, 5.41) is 8.73. The minimum Gasteiger partial charge on any atom is -0.348 e. The van der Waals surface area contributed by atoms with Gasteiger partial charge < -0.3 is 9.47 Å². The van der Waals surface area contributed by atoms with E-state index in [1.807, 2.05) is 6.08 Å². The maximum Gasteiger partial charge on any atom is 0.184 e. The topological polar surface area (TPSA) is 42.2 Å². The average molecular weight is 347 g/mol. The van der Waals surface area contributed by atoms with Crippen LogP contribution in [0.5, 0.6) is 0 Å². The van der Waals surface area contributed by atoms with Crippen LogP contribution in [0.3, 0.4) is 0 Å². The van der Waals surface area contributed by atoms with Crippen LogP contribution in [0.25, 0.3) is 0 Å². The van der Waals surface area contributed by atoms with E-state index in [1.54, 1.807) is 0 Å². The normalized spacial score (nSPS) is 29.8. The van der Waals surface area contributed by atoms with Gasteiger partial charge in [0.1, 0.15) is 23.3 Å². The average Bonchev–Trinajstić information content (AvgIpc) is 2.62. The van der Waals surface area contributed by atoms with Crippen LogP contribution in [-0.2, 0) is 9.47 Å². The highest BCUT2D eigenvalue weighted by Crippen LogP contribution is 2.38. The SMILES string of the molecule is C=CCC1CCC(C2COC(c3cc(F)c(C#N)c(F)c3)OC2)CC1. The number of allylic oxidation sites excluding steroid dienone is 1. The first-order valence-electron chi connectivity index (χ1n) is 8.85. The fraction of sp³-hybridized carbons (Fsp3) is 0.550. The maximum atomic E-state index is 13.8. The van der Waals surface area contributed by atoms with Crippen LogP contribution in [0.2, 0.25) is 0 Å². The van der Waals surface area contributed by atoms with Crippen molar-refractivity contribution in [3.8, 4) is 6.07 Å². The Labute approximate surface area is 147 Å². The fourth-order valence-corrected chi connectivity index (χ4v) is 3.95. The molecular weight excluding hydrogens is 324 g/mol. The van der Waals surface area contributed by atoms with Gasteiger partial charge in [-0.2, -0.15) is 5.26 Å². The van der Waals surface area contributed by atoms with Gasteiger partial charge in [-0.15, -0.1) is 6.58 Å². The molecule has 0 N–H and O–H groups in total. The molecule has 1 aromatic carbocycles. The van der Waals surface area contributed by atoms with Crippen molar-refractivity contribution < 1.29 is 18.3 Å². The first kappa shape index (κ1) is 18.0. The Morgan fingerprint density at radius 3 is 2.20 bits per heavy atom. The predicted molar refractivity (Wildman–Crippen MR) is 89.5 cm³/mol. The summed E-state index contributed by atoms with van der Waals surface area (Å²) in [5.41, 5.74) is -0.295. The van der Waals surface area contributed by atoms with Gasteiger partial charge >= 0.3 is 0 Å². The molecule has 0 unspecified atom stereocenters. The zero-order valence-corrected chi connectivity index (χ0v) is 14.2. The van der Waals surface area contributed by atoms with Crippen molar-refractivity contribution in [1.29, 1.82) is 5.26 Å². The second-order valence-corrected chi connectivity index (χ2v) is 7.04. The number of nitriles is 1. The third kappa shape index (κ3) is 4.08. The molecule has 134 valence electrons. The molecular formula is C20H23F2NO2. The van der Waals surface area contributed by atoms with Crippen LogP contribution in [0.4, 0.5) is 8.78 Å². The highest BCUT2D eigenvalue weighted by Gasteiger charge is 2.32. The molecule has 1 aliphatic heterocycles. The van der Waals surface area contributed by atoms with Gasteiger partial charge in [0.25, 0.3) is 0 Å². The van der Waals surface area contributed by atoms with Crippen molar-refractivity contribution >= 4 is 0 Å². The quantitative estimate of drug-likeness (QED) is 0.729. The number of halogens is 2. The van der Waals surface area contributed by atoms with Crippen molar-refractivity contribution in [2.24, 2.45) is 17.8 Å². The molecule has 3 nitrogen and oxygen atoms in total. The summed E-state index contributed by atoms with van der Waals surface area (Å²) in [6, 6.07) is 3.75. The van der Waals surface area contributed by atoms with Crippen molar-refractivity contribution in [1.82, 2.24) is 0 Å². The van der Waals surface area contributed by atoms with Gasteiger partial charge in [-0.1, -0.05) is 6.08 Å². The number of benzene rings is 1. The third-order valence-corrected chi connectivity index (χ3v) is 5.43. The van der Waals surface area contributed by atoms with E-state index in [4.69, 9.17) is 14.7 Å². The molecule has 0 bridgehead atoms. The Morgan fingerprint density at radius 1 is 1.08 bits per heavy atom. The number of ether oxygens (including phenoxy) is 2. The smallest absolute Gasteiger partial charge is 0.184 e. The Morgan fingerprint density at radius 2 is 1.68 bits per heavy atom. The molecule has 0 radical (unpaired) electrons. The molecule has 1 saturated heterocycles. The highest BCUT2D eigenvalue weighted by atomic mass is 19.1. The van der Waals surface area contributed by atoms with Gasteiger partial charge in [0, 0.05) is 11.5 Å². The van der Waals surface area contributed by atoms with Crippen LogP contribution in [0, 0.1) is 40.7 Å². The first-order chi connectivity index (χ1) is 12.1. The van der Waals surface area contributed by atoms with Gasteiger partial charge in [-0.25, -0.2) is 8.78 Å². The number of nitrogens with zero attached hydrogens (tertiary/aromatic N) is 1. The highest BCUT2D eigenvalue weighted by molar-refractivity contribution is 5.35. The Bertz CT molecular complexity index is 631. The molecule has 0 spiro atoms. The van der Waals surface area contributed by atoms with Gasteiger partial charge in [0.2, 0.25) is 0 Å². The number of hydrogen-bond donors (Lipinski definition) is 0. The molecule has 2 fully saturated rings. The van der Waals surface area contributed by atoms with Crippen LogP contribution in [0.15, 0.2) is 24.8 Å². The summed E-state index contributed by atoms with van der Waals surface area (Å²) >= 11 is 0. The zero-order chi connectivity index (χ0) is 17.8. The van der Waals surface area contributed by atoms with E-state index in [0.717, 1.165) is 24.5 Å². The molecule has 0 amide bonds. The van der Waals surface area contributed by atoms with Gasteiger partial charge in [-0.3, -0.25) is 0 Å². The molecule has 2 aliphatic rings. The third-order valence-electron chi connectivity index (χ3n) is 5.43. The summed E-state index contributed by atoms with van der Waals surface area (Å²) < 4.78 is 39.0. The van der Waals surface area contributed by atoms with Crippen LogP contribution in [0.1, 0.15) is 49.5 Å². The zero-order valence-electron chi connectivity index (χ0n) is 14.2. The van der Waals surface area contributed by atoms with E-state index in [9.17, 15) is 8.78 Å². The molecule has 25 heavy (non-hydrogen) atoms. The summed E-state index contributed by atoms with van der Waals surface area (Å²) in [6.07, 6.45) is 7.07. The number of rotatable bonds is 4. The minimum absolute atomic E-state index is 0.280.